The molecule has 22 heavy (non-hydrogen) atoms. The van der Waals surface area contributed by atoms with Crippen molar-refractivity contribution < 1.29 is 4.79 Å². The molecule has 1 aromatic heterocycles. The highest BCUT2D eigenvalue weighted by molar-refractivity contribution is 6.35. The van der Waals surface area contributed by atoms with Crippen molar-refractivity contribution in [3.63, 3.8) is 0 Å². The van der Waals surface area contributed by atoms with Gasteiger partial charge in [-0.25, -0.2) is 0 Å². The fourth-order valence-electron chi connectivity index (χ4n) is 2.20. The van der Waals surface area contributed by atoms with Crippen LogP contribution < -0.4 is 5.32 Å². The standard InChI is InChI=1S/C16H19Cl2N3O/c1-9(8-21-12(4)10(2)11(3)20-21)16(22)19-15-6-13(17)5-14(18)7-15/h5-7,9H,8H2,1-4H3,(H,19,22)/t9-/m1/s1. The third-order valence-corrected chi connectivity index (χ3v) is 4.20. The maximum absolute atomic E-state index is 12.3. The van der Waals surface area contributed by atoms with E-state index in [0.29, 0.717) is 22.3 Å². The lowest BCUT2D eigenvalue weighted by Crippen LogP contribution is -2.25. The van der Waals surface area contributed by atoms with Crippen LogP contribution in [0.5, 0.6) is 0 Å². The van der Waals surface area contributed by atoms with Crippen molar-refractivity contribution in [2.24, 2.45) is 5.92 Å². The van der Waals surface area contributed by atoms with Gasteiger partial charge >= 0.3 is 0 Å². The van der Waals surface area contributed by atoms with Gasteiger partial charge in [0.25, 0.3) is 0 Å². The predicted octanol–water partition coefficient (Wildman–Crippen LogP) is 4.39. The highest BCUT2D eigenvalue weighted by Gasteiger charge is 2.17. The summed E-state index contributed by atoms with van der Waals surface area (Å²) in [5, 5.41) is 8.28. The van der Waals surface area contributed by atoms with Gasteiger partial charge in [-0.15, -0.1) is 0 Å². The van der Waals surface area contributed by atoms with Gasteiger partial charge in [-0.1, -0.05) is 30.1 Å². The van der Waals surface area contributed by atoms with Crippen molar-refractivity contribution in [1.82, 2.24) is 9.78 Å². The molecule has 0 aliphatic rings. The SMILES string of the molecule is Cc1nn(C[C@@H](C)C(=O)Nc2cc(Cl)cc(Cl)c2)c(C)c1C. The monoisotopic (exact) mass is 339 g/mol. The fraction of sp³-hybridized carbons (Fsp3) is 0.375. The molecule has 0 spiro atoms. The molecule has 0 fully saturated rings. The first-order valence-corrected chi connectivity index (χ1v) is 7.81. The van der Waals surface area contributed by atoms with Crippen molar-refractivity contribution in [2.75, 3.05) is 5.32 Å². The van der Waals surface area contributed by atoms with Gasteiger partial charge < -0.3 is 5.32 Å². The fourth-order valence-corrected chi connectivity index (χ4v) is 2.72. The van der Waals surface area contributed by atoms with Gasteiger partial charge in [0.1, 0.15) is 0 Å². The second-order valence-electron chi connectivity index (χ2n) is 5.53. The minimum Gasteiger partial charge on any atom is -0.326 e. The van der Waals surface area contributed by atoms with Crippen LogP contribution in [-0.4, -0.2) is 15.7 Å². The number of carbonyl (C=O) groups excluding carboxylic acids is 1. The minimum atomic E-state index is -0.227. The van der Waals surface area contributed by atoms with Crippen molar-refractivity contribution >= 4 is 34.8 Å². The maximum Gasteiger partial charge on any atom is 0.229 e. The van der Waals surface area contributed by atoms with Gasteiger partial charge in [0.15, 0.2) is 0 Å². The van der Waals surface area contributed by atoms with E-state index in [4.69, 9.17) is 23.2 Å². The molecular formula is C16H19Cl2N3O. The van der Waals surface area contributed by atoms with Gasteiger partial charge in [-0.2, -0.15) is 5.10 Å². The van der Waals surface area contributed by atoms with E-state index >= 15 is 0 Å². The van der Waals surface area contributed by atoms with E-state index in [9.17, 15) is 4.79 Å². The average Bonchev–Trinajstić information content (AvgIpc) is 2.65. The Hall–Kier alpha value is -1.52. The minimum absolute atomic E-state index is 0.0939. The number of halogens is 2. The third-order valence-electron chi connectivity index (χ3n) is 3.77. The highest BCUT2D eigenvalue weighted by Crippen LogP contribution is 2.23. The van der Waals surface area contributed by atoms with Crippen LogP contribution in [0.2, 0.25) is 10.0 Å². The lowest BCUT2D eigenvalue weighted by molar-refractivity contribution is -0.119. The van der Waals surface area contributed by atoms with Crippen LogP contribution in [0.25, 0.3) is 0 Å². The Morgan fingerprint density at radius 1 is 1.23 bits per heavy atom. The first kappa shape index (κ1) is 16.8. The van der Waals surface area contributed by atoms with E-state index < -0.39 is 0 Å². The molecule has 0 bridgehead atoms. The highest BCUT2D eigenvalue weighted by atomic mass is 35.5. The van der Waals surface area contributed by atoms with Crippen molar-refractivity contribution in [1.29, 1.82) is 0 Å². The van der Waals surface area contributed by atoms with Gasteiger partial charge in [-0.3, -0.25) is 9.48 Å². The maximum atomic E-state index is 12.3. The summed E-state index contributed by atoms with van der Waals surface area (Å²) in [6, 6.07) is 4.97. The Morgan fingerprint density at radius 3 is 2.32 bits per heavy atom. The lowest BCUT2D eigenvalue weighted by Gasteiger charge is -2.14. The van der Waals surface area contributed by atoms with Gasteiger partial charge in [-0.05, 0) is 44.5 Å². The average molecular weight is 340 g/mol. The number of nitrogens with one attached hydrogen (secondary N) is 1. The second-order valence-corrected chi connectivity index (χ2v) is 6.40. The topological polar surface area (TPSA) is 46.9 Å². The van der Waals surface area contributed by atoms with E-state index in [-0.39, 0.29) is 11.8 Å². The van der Waals surface area contributed by atoms with Gasteiger partial charge in [0, 0.05) is 21.4 Å². The molecule has 0 saturated heterocycles. The first-order valence-electron chi connectivity index (χ1n) is 7.05. The molecule has 6 heteroatoms. The number of aromatic nitrogens is 2. The zero-order chi connectivity index (χ0) is 16.4. The Bertz CT molecular complexity index is 689. The van der Waals surface area contributed by atoms with Crippen molar-refractivity contribution in [3.8, 4) is 0 Å². The van der Waals surface area contributed by atoms with E-state index in [1.165, 1.54) is 0 Å². The molecule has 2 rings (SSSR count). The molecule has 4 nitrogen and oxygen atoms in total. The van der Waals surface area contributed by atoms with Crippen molar-refractivity contribution in [2.45, 2.75) is 34.2 Å². The van der Waals surface area contributed by atoms with Crippen LogP contribution in [0.4, 0.5) is 5.69 Å². The summed E-state index contributed by atoms with van der Waals surface area (Å²) in [6.07, 6.45) is 0. The van der Waals surface area contributed by atoms with E-state index in [1.807, 2.05) is 32.4 Å². The summed E-state index contributed by atoms with van der Waals surface area (Å²) in [4.78, 5) is 12.3. The lowest BCUT2D eigenvalue weighted by atomic mass is 10.1. The largest absolute Gasteiger partial charge is 0.326 e. The van der Waals surface area contributed by atoms with Crippen LogP contribution in [-0.2, 0) is 11.3 Å². The summed E-state index contributed by atoms with van der Waals surface area (Å²) in [5.74, 6) is -0.321. The van der Waals surface area contributed by atoms with Crippen LogP contribution in [0, 0.1) is 26.7 Å². The molecule has 1 amide bonds. The molecular weight excluding hydrogens is 321 g/mol. The normalized spacial score (nSPS) is 12.3. The Kier molecular flexibility index (Phi) is 5.14. The number of anilines is 1. The number of aryl methyl sites for hydroxylation is 1. The molecule has 2 aromatic rings. The number of nitrogens with zero attached hydrogens (tertiary/aromatic N) is 2. The number of rotatable bonds is 4. The van der Waals surface area contributed by atoms with E-state index in [2.05, 4.69) is 10.4 Å². The van der Waals surface area contributed by atoms with Crippen LogP contribution >= 0.6 is 23.2 Å². The third kappa shape index (κ3) is 3.81. The summed E-state index contributed by atoms with van der Waals surface area (Å²) >= 11 is 11.9. The Morgan fingerprint density at radius 2 is 1.82 bits per heavy atom. The number of hydrogen-bond donors (Lipinski definition) is 1. The molecule has 0 saturated carbocycles. The summed E-state index contributed by atoms with van der Waals surface area (Å²) in [6.45, 7) is 8.41. The predicted molar refractivity (Wildman–Crippen MR) is 90.7 cm³/mol. The smallest absolute Gasteiger partial charge is 0.229 e. The zero-order valence-electron chi connectivity index (χ0n) is 13.1. The molecule has 118 valence electrons. The Labute approximate surface area is 140 Å². The molecule has 0 radical (unpaired) electrons. The van der Waals surface area contributed by atoms with E-state index in [1.54, 1.807) is 18.2 Å². The van der Waals surface area contributed by atoms with E-state index in [0.717, 1.165) is 17.0 Å². The summed E-state index contributed by atoms with van der Waals surface area (Å²) in [7, 11) is 0. The molecule has 1 N–H and O–H groups in total. The summed E-state index contributed by atoms with van der Waals surface area (Å²) in [5.41, 5.74) is 3.84. The van der Waals surface area contributed by atoms with Crippen LogP contribution in [0.15, 0.2) is 18.2 Å². The molecule has 1 heterocycles. The van der Waals surface area contributed by atoms with Crippen molar-refractivity contribution in [3.05, 3.63) is 45.2 Å². The van der Waals surface area contributed by atoms with Crippen LogP contribution in [0.3, 0.4) is 0 Å². The molecule has 1 atom stereocenters. The molecule has 0 aliphatic heterocycles. The van der Waals surface area contributed by atoms with Gasteiger partial charge in [0.05, 0.1) is 18.2 Å². The number of benzene rings is 1. The first-order chi connectivity index (χ1) is 10.3. The summed E-state index contributed by atoms with van der Waals surface area (Å²) < 4.78 is 1.87. The molecule has 0 unspecified atom stereocenters. The molecule has 1 aromatic carbocycles. The quantitative estimate of drug-likeness (QED) is 0.897. The number of hydrogen-bond acceptors (Lipinski definition) is 2. The number of carbonyl (C=O) groups is 1. The van der Waals surface area contributed by atoms with Crippen LogP contribution in [0.1, 0.15) is 23.9 Å². The zero-order valence-corrected chi connectivity index (χ0v) is 14.6. The Balaban J connectivity index is 2.07. The number of amides is 1. The second kappa shape index (κ2) is 6.71. The molecule has 0 aliphatic carbocycles. The van der Waals surface area contributed by atoms with Gasteiger partial charge in [0.2, 0.25) is 5.91 Å².